The van der Waals surface area contributed by atoms with Gasteiger partial charge in [-0.1, -0.05) is 131 Å². The van der Waals surface area contributed by atoms with Crippen molar-refractivity contribution in [3.05, 3.63) is 189 Å². The van der Waals surface area contributed by atoms with Gasteiger partial charge in [0.2, 0.25) is 0 Å². The van der Waals surface area contributed by atoms with Crippen molar-refractivity contribution >= 4 is 33.8 Å². The average Bonchev–Trinajstić information content (AvgIpc) is 3.20. The highest BCUT2D eigenvalue weighted by molar-refractivity contribution is 6.03. The van der Waals surface area contributed by atoms with Crippen molar-refractivity contribution in [2.45, 2.75) is 64.2 Å². The normalized spacial score (nSPS) is 23.3. The molecule has 2 aliphatic heterocycles. The zero-order chi connectivity index (χ0) is 35.6. The van der Waals surface area contributed by atoms with Gasteiger partial charge in [-0.2, -0.15) is 0 Å². The second-order valence-electron chi connectivity index (χ2n) is 17.1. The van der Waals surface area contributed by atoms with E-state index in [1.54, 1.807) is 5.57 Å². The van der Waals surface area contributed by atoms with E-state index in [2.05, 4.69) is 172 Å². The lowest BCUT2D eigenvalue weighted by molar-refractivity contribution is 0.556. The number of aryl methyl sites for hydroxylation is 1. The number of hydrogen-bond acceptors (Lipinski definition) is 1. The summed E-state index contributed by atoms with van der Waals surface area (Å²) < 4.78 is 0. The van der Waals surface area contributed by atoms with E-state index >= 15 is 0 Å². The van der Waals surface area contributed by atoms with Gasteiger partial charge in [-0.3, -0.25) is 0 Å². The van der Waals surface area contributed by atoms with Gasteiger partial charge in [-0.15, -0.1) is 0 Å². The Balaban J connectivity index is 1.17. The number of fused-ring (bicyclic) bond motifs is 9. The maximum atomic E-state index is 2.65. The molecule has 0 N–H and O–H groups in total. The minimum Gasteiger partial charge on any atom is -0.310 e. The van der Waals surface area contributed by atoms with Crippen LogP contribution in [-0.4, -0.2) is 0 Å². The molecular weight excluding hydrogens is 639 g/mol. The van der Waals surface area contributed by atoms with Crippen LogP contribution in [0.25, 0.3) is 33.5 Å². The third kappa shape index (κ3) is 4.31. The second-order valence-corrected chi connectivity index (χ2v) is 17.1. The van der Waals surface area contributed by atoms with Gasteiger partial charge in [-0.25, -0.2) is 0 Å². The molecule has 11 rings (SSSR count). The van der Waals surface area contributed by atoms with Crippen LogP contribution in [-0.2, 0) is 17.3 Å². The maximum Gasteiger partial charge on any atom is 0.0543 e. The first kappa shape index (κ1) is 31.2. The fraction of sp³-hybridized carbons (Fsp3) is 0.231. The maximum absolute atomic E-state index is 2.65. The van der Waals surface area contributed by atoms with E-state index in [-0.39, 0.29) is 10.8 Å². The van der Waals surface area contributed by atoms with Crippen molar-refractivity contribution in [3.8, 4) is 11.1 Å². The molecule has 5 aliphatic carbocycles. The van der Waals surface area contributed by atoms with E-state index < -0.39 is 0 Å². The monoisotopic (exact) mass is 683 g/mol. The minimum atomic E-state index is -0.230. The number of hydrogen-bond donors (Lipinski definition) is 0. The van der Waals surface area contributed by atoms with Gasteiger partial charge in [0.15, 0.2) is 0 Å². The Morgan fingerprint density at radius 3 is 2.25 bits per heavy atom. The van der Waals surface area contributed by atoms with Crippen LogP contribution < -0.4 is 4.90 Å². The molecule has 0 fully saturated rings. The minimum absolute atomic E-state index is 0.0912. The Morgan fingerprint density at radius 2 is 1.38 bits per heavy atom. The molecule has 1 heteroatoms. The molecule has 258 valence electrons. The van der Waals surface area contributed by atoms with Crippen molar-refractivity contribution in [2.24, 2.45) is 11.8 Å². The third-order valence-electron chi connectivity index (χ3n) is 13.6. The molecule has 0 saturated heterocycles. The van der Waals surface area contributed by atoms with E-state index in [9.17, 15) is 0 Å². The topological polar surface area (TPSA) is 3.24 Å². The van der Waals surface area contributed by atoms with Crippen LogP contribution in [0.15, 0.2) is 156 Å². The van der Waals surface area contributed by atoms with E-state index in [0.717, 1.165) is 25.7 Å². The summed E-state index contributed by atoms with van der Waals surface area (Å²) in [5.41, 5.74) is 20.7. The van der Waals surface area contributed by atoms with Gasteiger partial charge < -0.3 is 4.90 Å². The fourth-order valence-electron chi connectivity index (χ4n) is 10.8. The summed E-state index contributed by atoms with van der Waals surface area (Å²) >= 11 is 0. The van der Waals surface area contributed by atoms with Gasteiger partial charge in [0.1, 0.15) is 0 Å². The summed E-state index contributed by atoms with van der Waals surface area (Å²) in [6.45, 7) is 9.91. The molecule has 53 heavy (non-hydrogen) atoms. The Hall–Kier alpha value is -5.40. The van der Waals surface area contributed by atoms with Crippen molar-refractivity contribution in [1.29, 1.82) is 0 Å². The van der Waals surface area contributed by atoms with Crippen LogP contribution in [0.2, 0.25) is 0 Å². The van der Waals surface area contributed by atoms with Crippen LogP contribution in [0, 0.1) is 11.8 Å². The van der Waals surface area contributed by atoms with Crippen LogP contribution in [0.5, 0.6) is 0 Å². The number of allylic oxidation sites excluding steroid dienone is 16. The molecule has 0 bridgehead atoms. The Labute approximate surface area is 314 Å². The molecule has 0 saturated carbocycles. The van der Waals surface area contributed by atoms with Gasteiger partial charge in [0.05, 0.1) is 11.4 Å². The first-order valence-electron chi connectivity index (χ1n) is 19.7. The second kappa shape index (κ2) is 11.1. The smallest absolute Gasteiger partial charge is 0.0543 e. The molecule has 0 radical (unpaired) electrons. The largest absolute Gasteiger partial charge is 0.310 e. The van der Waals surface area contributed by atoms with Crippen LogP contribution in [0.3, 0.4) is 0 Å². The van der Waals surface area contributed by atoms with Gasteiger partial charge in [0.25, 0.3) is 0 Å². The molecule has 0 aromatic heterocycles. The molecule has 2 heterocycles. The van der Waals surface area contributed by atoms with Crippen molar-refractivity contribution < 1.29 is 0 Å². The highest BCUT2D eigenvalue weighted by Gasteiger charge is 2.47. The zero-order valence-corrected chi connectivity index (χ0v) is 31.2. The number of benzene rings is 4. The first-order chi connectivity index (χ1) is 25.8. The molecule has 2 atom stereocenters. The molecule has 1 nitrogen and oxygen atoms in total. The van der Waals surface area contributed by atoms with Crippen LogP contribution >= 0.6 is 0 Å². The van der Waals surface area contributed by atoms with Crippen molar-refractivity contribution in [2.75, 3.05) is 4.90 Å². The molecule has 7 aliphatic rings. The van der Waals surface area contributed by atoms with Crippen LogP contribution in [0.1, 0.15) is 80.3 Å². The summed E-state index contributed by atoms with van der Waals surface area (Å²) in [7, 11) is 0. The zero-order valence-electron chi connectivity index (χ0n) is 31.2. The molecule has 4 aromatic carbocycles. The first-order valence-corrected chi connectivity index (χ1v) is 19.7. The lowest BCUT2D eigenvalue weighted by Gasteiger charge is -2.51. The highest BCUT2D eigenvalue weighted by Crippen LogP contribution is 2.60. The SMILES string of the molecule is CC1(C)C2=C(C=CCC2)N2c3ccc(C4=C5C=CC=CC5C5C=CC=CC5=C4)cc3C(C)(C)c3cc(-c4cc5c(c6ccccc46)C=CCC5)cc1c32. The summed E-state index contributed by atoms with van der Waals surface area (Å²) in [5, 5.41) is 2.71. The summed E-state index contributed by atoms with van der Waals surface area (Å²) in [5.74, 6) is 0.756. The lowest BCUT2D eigenvalue weighted by Crippen LogP contribution is -2.41. The molecular formula is C52H45N. The van der Waals surface area contributed by atoms with E-state index in [0.29, 0.717) is 11.8 Å². The fourth-order valence-corrected chi connectivity index (χ4v) is 10.8. The Bertz CT molecular complexity index is 2610. The standard InChI is InChI=1S/C52H45N/c1-51(2)44-23-13-14-24-48(44)53-49-26-25-34(42-27-32-15-5-7-17-36(32)38-19-9-11-21-40(38)42)29-45(49)52(3,4)47-31-35(30-46(51)50(47)53)43-28-33-16-6-8-18-37(33)39-20-10-12-22-41(39)43/h5,7-12,14-15,17-22,24-31,36,38H,6,13,16,23H2,1-4H3. The summed E-state index contributed by atoms with van der Waals surface area (Å²) in [6.07, 6.45) is 34.7. The lowest BCUT2D eigenvalue weighted by atomic mass is 9.64. The average molecular weight is 684 g/mol. The summed E-state index contributed by atoms with van der Waals surface area (Å²) in [6, 6.07) is 24.1. The predicted molar refractivity (Wildman–Crippen MR) is 224 cm³/mol. The quantitative estimate of drug-likeness (QED) is 0.203. The van der Waals surface area contributed by atoms with Gasteiger partial charge in [0, 0.05) is 28.4 Å². The summed E-state index contributed by atoms with van der Waals surface area (Å²) in [4.78, 5) is 2.65. The van der Waals surface area contributed by atoms with Gasteiger partial charge in [-0.05, 0) is 140 Å². The van der Waals surface area contributed by atoms with Crippen molar-refractivity contribution in [1.82, 2.24) is 0 Å². The Morgan fingerprint density at radius 1 is 0.642 bits per heavy atom. The Kier molecular flexibility index (Phi) is 6.50. The number of anilines is 2. The van der Waals surface area contributed by atoms with Crippen molar-refractivity contribution in [3.63, 3.8) is 0 Å². The molecule has 0 amide bonds. The number of nitrogens with zero attached hydrogens (tertiary/aromatic N) is 1. The van der Waals surface area contributed by atoms with E-state index in [1.807, 2.05) is 0 Å². The number of rotatable bonds is 2. The van der Waals surface area contributed by atoms with Crippen LogP contribution in [0.4, 0.5) is 11.4 Å². The predicted octanol–water partition coefficient (Wildman–Crippen LogP) is 13.3. The third-order valence-corrected chi connectivity index (χ3v) is 13.6. The molecule has 0 spiro atoms. The molecule has 2 unspecified atom stereocenters. The van der Waals surface area contributed by atoms with Gasteiger partial charge >= 0.3 is 0 Å². The van der Waals surface area contributed by atoms with E-state index in [4.69, 9.17) is 0 Å². The highest BCUT2D eigenvalue weighted by atomic mass is 15.2. The van der Waals surface area contributed by atoms with E-state index in [1.165, 1.54) is 89.1 Å². The molecule has 4 aromatic rings.